The van der Waals surface area contributed by atoms with E-state index in [0.717, 1.165) is 18.1 Å². The van der Waals surface area contributed by atoms with Crippen LogP contribution in [0.5, 0.6) is 0 Å². The molecule has 1 aromatic heterocycles. The van der Waals surface area contributed by atoms with Crippen molar-refractivity contribution in [3.63, 3.8) is 0 Å². The van der Waals surface area contributed by atoms with Gasteiger partial charge in [-0.05, 0) is 36.9 Å². The molecule has 0 amide bonds. The molecule has 1 aliphatic carbocycles. The van der Waals surface area contributed by atoms with Crippen LogP contribution in [0.4, 0.5) is 13.2 Å². The summed E-state index contributed by atoms with van der Waals surface area (Å²) in [7, 11) is 1.83. The van der Waals surface area contributed by atoms with Crippen LogP contribution in [0.1, 0.15) is 43.3 Å². The zero-order chi connectivity index (χ0) is 13.6. The second-order valence-electron chi connectivity index (χ2n) is 5.62. The molecule has 18 heavy (non-hydrogen) atoms. The van der Waals surface area contributed by atoms with E-state index in [4.69, 9.17) is 0 Å². The highest BCUT2D eigenvalue weighted by atomic mass is 19.4. The van der Waals surface area contributed by atoms with Crippen LogP contribution in [-0.2, 0) is 12.6 Å². The molecule has 0 aliphatic heterocycles. The van der Waals surface area contributed by atoms with E-state index in [1.807, 2.05) is 7.05 Å². The summed E-state index contributed by atoms with van der Waals surface area (Å²) in [6.07, 6.45) is -2.88. The Kier molecular flexibility index (Phi) is 3.13. The van der Waals surface area contributed by atoms with Crippen LogP contribution >= 0.6 is 0 Å². The molecule has 0 spiro atoms. The number of halogens is 3. The number of hydrogen-bond acceptors (Lipinski definition) is 2. The maximum atomic E-state index is 12.7. The van der Waals surface area contributed by atoms with Crippen LogP contribution in [0.2, 0.25) is 0 Å². The summed E-state index contributed by atoms with van der Waals surface area (Å²) in [5, 5.41) is 3.15. The van der Waals surface area contributed by atoms with E-state index in [9.17, 15) is 13.2 Å². The highest BCUT2D eigenvalue weighted by Crippen LogP contribution is 2.41. The summed E-state index contributed by atoms with van der Waals surface area (Å²) in [5.41, 5.74) is 0.636. The second-order valence-corrected chi connectivity index (χ2v) is 5.62. The van der Waals surface area contributed by atoms with Crippen LogP contribution in [0.3, 0.4) is 0 Å². The molecule has 2 rings (SSSR count). The summed E-state index contributed by atoms with van der Waals surface area (Å²) < 4.78 is 38.0. The molecule has 0 bridgehead atoms. The van der Waals surface area contributed by atoms with E-state index in [0.29, 0.717) is 12.1 Å². The molecule has 5 heteroatoms. The largest absolute Gasteiger partial charge is 0.433 e. The fourth-order valence-electron chi connectivity index (χ4n) is 2.57. The van der Waals surface area contributed by atoms with Crippen LogP contribution in [0, 0.1) is 5.41 Å². The number of nitrogens with zero attached hydrogens (tertiary/aromatic N) is 1. The lowest BCUT2D eigenvalue weighted by atomic mass is 9.74. The quantitative estimate of drug-likeness (QED) is 0.835. The Bertz CT molecular complexity index is 452. The van der Waals surface area contributed by atoms with E-state index in [-0.39, 0.29) is 11.5 Å². The lowest BCUT2D eigenvalue weighted by Gasteiger charge is -2.36. The minimum atomic E-state index is -4.37. The second kappa shape index (κ2) is 4.23. The van der Waals surface area contributed by atoms with Gasteiger partial charge in [0.05, 0.1) is 0 Å². The van der Waals surface area contributed by atoms with E-state index in [1.165, 1.54) is 0 Å². The third kappa shape index (κ3) is 2.51. The minimum Gasteiger partial charge on any atom is -0.313 e. The van der Waals surface area contributed by atoms with Crippen molar-refractivity contribution in [2.45, 2.75) is 38.9 Å². The van der Waals surface area contributed by atoms with Gasteiger partial charge in [-0.3, -0.25) is 0 Å². The van der Waals surface area contributed by atoms with E-state index >= 15 is 0 Å². The highest BCUT2D eigenvalue weighted by Gasteiger charge is 2.37. The van der Waals surface area contributed by atoms with Crippen molar-refractivity contribution in [1.82, 2.24) is 10.3 Å². The van der Waals surface area contributed by atoms with E-state index in [2.05, 4.69) is 24.1 Å². The zero-order valence-electron chi connectivity index (χ0n) is 10.7. The monoisotopic (exact) mass is 258 g/mol. The average molecular weight is 258 g/mol. The van der Waals surface area contributed by atoms with Gasteiger partial charge in [-0.15, -0.1) is 0 Å². The Morgan fingerprint density at radius 3 is 2.56 bits per heavy atom. The molecular weight excluding hydrogens is 241 g/mol. The summed E-state index contributed by atoms with van der Waals surface area (Å²) in [5.74, 6) is 0. The van der Waals surface area contributed by atoms with Crippen molar-refractivity contribution < 1.29 is 13.2 Å². The van der Waals surface area contributed by atoms with Gasteiger partial charge >= 0.3 is 6.18 Å². The number of pyridine rings is 1. The van der Waals surface area contributed by atoms with Gasteiger partial charge in [0, 0.05) is 11.7 Å². The third-order valence-corrected chi connectivity index (χ3v) is 3.43. The van der Waals surface area contributed by atoms with Gasteiger partial charge in [-0.2, -0.15) is 13.2 Å². The van der Waals surface area contributed by atoms with Crippen molar-refractivity contribution in [2.24, 2.45) is 5.41 Å². The van der Waals surface area contributed by atoms with Crippen LogP contribution in [0.25, 0.3) is 0 Å². The molecule has 1 aliphatic rings. The Morgan fingerprint density at radius 2 is 2.00 bits per heavy atom. The Labute approximate surface area is 105 Å². The molecular formula is C13H17F3N2. The summed E-state index contributed by atoms with van der Waals surface area (Å²) in [4.78, 5) is 3.81. The van der Waals surface area contributed by atoms with E-state index < -0.39 is 11.9 Å². The van der Waals surface area contributed by atoms with Crippen molar-refractivity contribution in [1.29, 1.82) is 0 Å². The summed E-state index contributed by atoms with van der Waals surface area (Å²) >= 11 is 0. The van der Waals surface area contributed by atoms with Gasteiger partial charge in [-0.1, -0.05) is 19.9 Å². The van der Waals surface area contributed by atoms with Crippen molar-refractivity contribution in [3.8, 4) is 0 Å². The number of aromatic nitrogens is 1. The van der Waals surface area contributed by atoms with Crippen LogP contribution in [0.15, 0.2) is 12.1 Å². The number of alkyl halides is 3. The van der Waals surface area contributed by atoms with E-state index in [1.54, 1.807) is 6.07 Å². The van der Waals surface area contributed by atoms with Gasteiger partial charge in [0.15, 0.2) is 0 Å². The topological polar surface area (TPSA) is 24.9 Å². The Hall–Kier alpha value is -1.10. The number of nitrogens with one attached hydrogen (secondary N) is 1. The third-order valence-electron chi connectivity index (χ3n) is 3.43. The number of fused-ring (bicyclic) bond motifs is 1. The van der Waals surface area contributed by atoms with Gasteiger partial charge < -0.3 is 5.32 Å². The molecule has 2 nitrogen and oxygen atoms in total. The molecule has 100 valence electrons. The van der Waals surface area contributed by atoms with Gasteiger partial charge in [0.25, 0.3) is 0 Å². The fourth-order valence-corrected chi connectivity index (χ4v) is 2.57. The molecule has 1 N–H and O–H groups in total. The van der Waals surface area contributed by atoms with Crippen molar-refractivity contribution in [3.05, 3.63) is 29.1 Å². The maximum Gasteiger partial charge on any atom is 0.433 e. The lowest BCUT2D eigenvalue weighted by molar-refractivity contribution is -0.141. The van der Waals surface area contributed by atoms with Crippen LogP contribution < -0.4 is 5.32 Å². The minimum absolute atomic E-state index is 0.0299. The first-order valence-corrected chi connectivity index (χ1v) is 5.97. The normalized spacial score (nSPS) is 22.7. The fraction of sp³-hybridized carbons (Fsp3) is 0.615. The van der Waals surface area contributed by atoms with Crippen molar-refractivity contribution in [2.75, 3.05) is 7.05 Å². The highest BCUT2D eigenvalue weighted by molar-refractivity contribution is 5.31. The molecule has 0 radical (unpaired) electrons. The Morgan fingerprint density at radius 1 is 1.33 bits per heavy atom. The van der Waals surface area contributed by atoms with Crippen LogP contribution in [-0.4, -0.2) is 12.0 Å². The SMILES string of the molecule is CNC1CC(C)(C)Cc2nc(C(F)(F)F)ccc21. The average Bonchev–Trinajstić information content (AvgIpc) is 2.24. The molecule has 0 fully saturated rings. The molecule has 0 saturated carbocycles. The van der Waals surface area contributed by atoms with Gasteiger partial charge in [0.2, 0.25) is 0 Å². The summed E-state index contributed by atoms with van der Waals surface area (Å²) in [6.45, 7) is 4.12. The molecule has 1 aromatic rings. The first-order valence-electron chi connectivity index (χ1n) is 5.97. The lowest BCUT2D eigenvalue weighted by Crippen LogP contribution is -2.32. The molecule has 1 atom stereocenters. The first-order chi connectivity index (χ1) is 8.23. The first kappa shape index (κ1) is 13.3. The molecule has 0 aromatic carbocycles. The maximum absolute atomic E-state index is 12.7. The molecule has 1 heterocycles. The zero-order valence-corrected chi connectivity index (χ0v) is 10.7. The standard InChI is InChI=1S/C13H17F3N2/c1-12(2)6-9(17-3)8-4-5-11(13(14,15)16)18-10(8)7-12/h4-5,9,17H,6-7H2,1-3H3. The summed E-state index contributed by atoms with van der Waals surface area (Å²) in [6, 6.07) is 2.71. The number of rotatable bonds is 1. The Balaban J connectivity index is 2.46. The predicted molar refractivity (Wildman–Crippen MR) is 63.1 cm³/mol. The van der Waals surface area contributed by atoms with Gasteiger partial charge in [-0.25, -0.2) is 4.98 Å². The smallest absolute Gasteiger partial charge is 0.313 e. The van der Waals surface area contributed by atoms with Gasteiger partial charge in [0.1, 0.15) is 5.69 Å². The molecule has 1 unspecified atom stereocenters. The molecule has 0 saturated heterocycles. The van der Waals surface area contributed by atoms with Crippen molar-refractivity contribution >= 4 is 0 Å². The number of hydrogen-bond donors (Lipinski definition) is 1. The predicted octanol–water partition coefficient (Wildman–Crippen LogP) is 3.33.